The molecule has 110 valence electrons. The van der Waals surface area contributed by atoms with Gasteiger partial charge in [-0.25, -0.2) is 0 Å². The second kappa shape index (κ2) is 5.13. The third-order valence-electron chi connectivity index (χ3n) is 4.26. The van der Waals surface area contributed by atoms with E-state index in [0.717, 1.165) is 31.2 Å². The normalized spacial score (nSPS) is 25.4. The second-order valence-electron chi connectivity index (χ2n) is 5.89. The minimum absolute atomic E-state index is 0.118. The highest BCUT2D eigenvalue weighted by atomic mass is 32.2. The van der Waals surface area contributed by atoms with Gasteiger partial charge in [0.2, 0.25) is 0 Å². The molecule has 0 bridgehead atoms. The van der Waals surface area contributed by atoms with Crippen molar-refractivity contribution in [2.75, 3.05) is 6.61 Å². The van der Waals surface area contributed by atoms with Crippen molar-refractivity contribution in [3.8, 4) is 0 Å². The molecule has 0 radical (unpaired) electrons. The van der Waals surface area contributed by atoms with E-state index in [0.29, 0.717) is 13.0 Å². The van der Waals surface area contributed by atoms with E-state index in [1.54, 1.807) is 24.3 Å². The van der Waals surface area contributed by atoms with Crippen LogP contribution in [0.4, 0.5) is 0 Å². The zero-order valence-corrected chi connectivity index (χ0v) is 12.5. The summed E-state index contributed by atoms with van der Waals surface area (Å²) in [6.45, 7) is 2.30. The van der Waals surface area contributed by atoms with E-state index in [9.17, 15) is 8.42 Å². The molecule has 1 aliphatic heterocycles. The smallest absolute Gasteiger partial charge is 0.297 e. The van der Waals surface area contributed by atoms with Crippen LogP contribution in [0.15, 0.2) is 29.2 Å². The molecule has 1 saturated carbocycles. The Hall–Kier alpha value is -0.910. The molecule has 2 aliphatic rings. The molecule has 0 aromatic heterocycles. The lowest BCUT2D eigenvalue weighted by molar-refractivity contribution is 0.00782. The van der Waals surface area contributed by atoms with Gasteiger partial charge in [0.05, 0.1) is 17.1 Å². The predicted octanol–water partition coefficient (Wildman–Crippen LogP) is 2.80. The number of benzene rings is 1. The van der Waals surface area contributed by atoms with Crippen LogP contribution >= 0.6 is 0 Å². The van der Waals surface area contributed by atoms with Crippen molar-refractivity contribution in [1.82, 2.24) is 0 Å². The molecule has 1 aromatic carbocycles. The molecular weight excluding hydrogens is 276 g/mol. The average Bonchev–Trinajstić information content (AvgIpc) is 3.00. The molecule has 1 heterocycles. The summed E-state index contributed by atoms with van der Waals surface area (Å²) < 4.78 is 35.6. The van der Waals surface area contributed by atoms with Gasteiger partial charge in [-0.3, -0.25) is 4.18 Å². The van der Waals surface area contributed by atoms with Crippen LogP contribution in [-0.2, 0) is 19.0 Å². The summed E-state index contributed by atoms with van der Waals surface area (Å²) in [5.41, 5.74) is 0.908. The topological polar surface area (TPSA) is 52.6 Å². The Morgan fingerprint density at radius 2 is 1.85 bits per heavy atom. The van der Waals surface area contributed by atoms with E-state index in [-0.39, 0.29) is 16.6 Å². The molecule has 20 heavy (non-hydrogen) atoms. The summed E-state index contributed by atoms with van der Waals surface area (Å²) >= 11 is 0. The van der Waals surface area contributed by atoms with Crippen molar-refractivity contribution in [2.24, 2.45) is 0 Å². The van der Waals surface area contributed by atoms with E-state index < -0.39 is 10.1 Å². The minimum Gasteiger partial charge on any atom is -0.372 e. The fraction of sp³-hybridized carbons (Fsp3) is 0.600. The summed E-state index contributed by atoms with van der Waals surface area (Å²) in [6, 6.07) is 6.73. The highest BCUT2D eigenvalue weighted by Gasteiger charge is 2.44. The van der Waals surface area contributed by atoms with Gasteiger partial charge in [0.1, 0.15) is 6.10 Å². The summed E-state index contributed by atoms with van der Waals surface area (Å²) in [5, 5.41) is 0. The molecular formula is C15H20O4S. The van der Waals surface area contributed by atoms with Crippen LogP contribution in [0.2, 0.25) is 0 Å². The molecule has 3 rings (SSSR count). The molecule has 1 spiro atoms. The SMILES string of the molecule is Cc1ccc(S(=O)(=O)OC2COC3(CCCC3)C2)cc1. The Morgan fingerprint density at radius 1 is 1.20 bits per heavy atom. The highest BCUT2D eigenvalue weighted by Crippen LogP contribution is 2.42. The Kier molecular flexibility index (Phi) is 3.60. The molecule has 4 nitrogen and oxygen atoms in total. The fourth-order valence-electron chi connectivity index (χ4n) is 3.17. The van der Waals surface area contributed by atoms with Gasteiger partial charge in [-0.05, 0) is 31.9 Å². The zero-order valence-electron chi connectivity index (χ0n) is 11.7. The van der Waals surface area contributed by atoms with Crippen molar-refractivity contribution in [1.29, 1.82) is 0 Å². The van der Waals surface area contributed by atoms with Crippen molar-refractivity contribution >= 4 is 10.1 Å². The van der Waals surface area contributed by atoms with Crippen LogP contribution in [-0.4, -0.2) is 26.7 Å². The van der Waals surface area contributed by atoms with Gasteiger partial charge in [0.25, 0.3) is 10.1 Å². The molecule has 1 saturated heterocycles. The molecule has 1 aromatic rings. The molecule has 0 amide bonds. The maximum atomic E-state index is 12.2. The molecule has 2 fully saturated rings. The monoisotopic (exact) mass is 296 g/mol. The first-order valence-corrected chi connectivity index (χ1v) is 8.54. The number of aryl methyl sites for hydroxylation is 1. The molecule has 0 N–H and O–H groups in total. The quantitative estimate of drug-likeness (QED) is 0.805. The van der Waals surface area contributed by atoms with Crippen LogP contribution in [0.25, 0.3) is 0 Å². The van der Waals surface area contributed by atoms with Gasteiger partial charge < -0.3 is 4.74 Å². The first kappa shape index (κ1) is 14.0. The summed E-state index contributed by atoms with van der Waals surface area (Å²) in [7, 11) is -3.69. The first-order chi connectivity index (χ1) is 9.49. The maximum absolute atomic E-state index is 12.2. The van der Waals surface area contributed by atoms with E-state index >= 15 is 0 Å². The van der Waals surface area contributed by atoms with Gasteiger partial charge >= 0.3 is 0 Å². The molecule has 1 unspecified atom stereocenters. The number of hydrogen-bond acceptors (Lipinski definition) is 4. The highest BCUT2D eigenvalue weighted by molar-refractivity contribution is 7.86. The van der Waals surface area contributed by atoms with E-state index in [1.807, 2.05) is 6.92 Å². The molecule has 1 aliphatic carbocycles. The predicted molar refractivity (Wildman–Crippen MR) is 75.0 cm³/mol. The lowest BCUT2D eigenvalue weighted by Crippen LogP contribution is -2.24. The van der Waals surface area contributed by atoms with Crippen LogP contribution in [0.3, 0.4) is 0 Å². The third-order valence-corrected chi connectivity index (χ3v) is 5.64. The van der Waals surface area contributed by atoms with E-state index in [4.69, 9.17) is 8.92 Å². The standard InChI is InChI=1S/C15H20O4S/c1-12-4-6-14(7-5-12)20(16,17)19-13-10-15(18-11-13)8-2-3-9-15/h4-7,13H,2-3,8-11H2,1H3. The summed E-state index contributed by atoms with van der Waals surface area (Å²) in [4.78, 5) is 0.218. The largest absolute Gasteiger partial charge is 0.372 e. The van der Waals surface area contributed by atoms with Crippen LogP contribution in [0, 0.1) is 6.92 Å². The van der Waals surface area contributed by atoms with Crippen molar-refractivity contribution < 1.29 is 17.3 Å². The van der Waals surface area contributed by atoms with E-state index in [2.05, 4.69) is 0 Å². The van der Waals surface area contributed by atoms with Gasteiger partial charge in [-0.2, -0.15) is 8.42 Å². The summed E-state index contributed by atoms with van der Waals surface area (Å²) in [5.74, 6) is 0. The third kappa shape index (κ3) is 2.75. The molecule has 1 atom stereocenters. The zero-order chi connectivity index (χ0) is 14.2. The number of rotatable bonds is 3. The average molecular weight is 296 g/mol. The number of ether oxygens (including phenoxy) is 1. The lowest BCUT2D eigenvalue weighted by Gasteiger charge is -2.21. The van der Waals surface area contributed by atoms with Crippen molar-refractivity contribution in [3.05, 3.63) is 29.8 Å². The van der Waals surface area contributed by atoms with Crippen LogP contribution < -0.4 is 0 Å². The second-order valence-corrected chi connectivity index (χ2v) is 7.46. The summed E-state index contributed by atoms with van der Waals surface area (Å²) in [6.07, 6.45) is 4.72. The van der Waals surface area contributed by atoms with Gasteiger partial charge in [0, 0.05) is 6.42 Å². The fourth-order valence-corrected chi connectivity index (χ4v) is 4.23. The molecule has 5 heteroatoms. The van der Waals surface area contributed by atoms with Crippen LogP contribution in [0.5, 0.6) is 0 Å². The van der Waals surface area contributed by atoms with E-state index in [1.165, 1.54) is 0 Å². The van der Waals surface area contributed by atoms with Gasteiger partial charge in [-0.15, -0.1) is 0 Å². The Balaban J connectivity index is 1.70. The lowest BCUT2D eigenvalue weighted by atomic mass is 9.98. The number of hydrogen-bond donors (Lipinski definition) is 0. The van der Waals surface area contributed by atoms with Crippen molar-refractivity contribution in [3.63, 3.8) is 0 Å². The first-order valence-electron chi connectivity index (χ1n) is 7.13. The van der Waals surface area contributed by atoms with Crippen molar-refractivity contribution in [2.45, 2.75) is 55.6 Å². The minimum atomic E-state index is -3.69. The maximum Gasteiger partial charge on any atom is 0.297 e. The van der Waals surface area contributed by atoms with Gasteiger partial charge in [0.15, 0.2) is 0 Å². The van der Waals surface area contributed by atoms with Crippen LogP contribution in [0.1, 0.15) is 37.7 Å². The Labute approximate surface area is 120 Å². The Morgan fingerprint density at radius 3 is 2.50 bits per heavy atom. The Bertz CT molecular complexity index is 570. The van der Waals surface area contributed by atoms with Gasteiger partial charge in [-0.1, -0.05) is 30.5 Å².